The first-order valence-electron chi connectivity index (χ1n) is 9.46. The van der Waals surface area contributed by atoms with Crippen LogP contribution < -0.4 is 10.1 Å². The van der Waals surface area contributed by atoms with Crippen LogP contribution in [0.3, 0.4) is 0 Å². The van der Waals surface area contributed by atoms with Crippen LogP contribution in [-0.2, 0) is 4.79 Å². The molecule has 1 aliphatic carbocycles. The molecule has 2 aliphatic rings. The lowest BCUT2D eigenvalue weighted by atomic mass is 9.81. The van der Waals surface area contributed by atoms with E-state index in [4.69, 9.17) is 4.74 Å². The van der Waals surface area contributed by atoms with Crippen molar-refractivity contribution in [3.63, 3.8) is 0 Å². The predicted octanol–water partition coefficient (Wildman–Crippen LogP) is 4.06. The van der Waals surface area contributed by atoms with E-state index in [1.54, 1.807) is 11.8 Å². The number of ketones is 1. The van der Waals surface area contributed by atoms with Crippen LogP contribution in [0, 0.1) is 5.92 Å². The van der Waals surface area contributed by atoms with E-state index in [0.717, 1.165) is 39.9 Å². The maximum absolute atomic E-state index is 12.9. The Morgan fingerprint density at radius 3 is 2.74 bits per heavy atom. The highest BCUT2D eigenvalue weighted by Crippen LogP contribution is 2.42. The Bertz CT molecular complexity index is 888. The second kappa shape index (κ2) is 7.38. The van der Waals surface area contributed by atoms with Crippen molar-refractivity contribution < 1.29 is 9.53 Å². The molecule has 2 aromatic rings. The van der Waals surface area contributed by atoms with Crippen molar-refractivity contribution in [1.82, 2.24) is 14.8 Å². The molecule has 1 N–H and O–H groups in total. The molecule has 0 saturated heterocycles. The summed E-state index contributed by atoms with van der Waals surface area (Å²) < 4.78 is 7.43. The molecule has 0 fully saturated rings. The van der Waals surface area contributed by atoms with Gasteiger partial charge < -0.3 is 10.1 Å². The SMILES string of the molecule is CCOc1ccc(C2C3=C(CC(C)CC3=O)Nc3nc(SCC)nn32)cc1. The van der Waals surface area contributed by atoms with Gasteiger partial charge in [0.25, 0.3) is 0 Å². The van der Waals surface area contributed by atoms with Gasteiger partial charge in [-0.25, -0.2) is 4.68 Å². The molecule has 1 aromatic carbocycles. The molecule has 1 aromatic heterocycles. The number of nitrogens with zero attached hydrogens (tertiary/aromatic N) is 3. The number of Topliss-reactive ketones (excluding diaryl/α,β-unsaturated/α-hetero) is 1. The Balaban J connectivity index is 1.81. The lowest BCUT2D eigenvalue weighted by molar-refractivity contribution is -0.117. The highest BCUT2D eigenvalue weighted by molar-refractivity contribution is 7.99. The average Bonchev–Trinajstić information content (AvgIpc) is 3.03. The number of thioether (sulfide) groups is 1. The molecule has 27 heavy (non-hydrogen) atoms. The predicted molar refractivity (Wildman–Crippen MR) is 106 cm³/mol. The fraction of sp³-hybridized carbons (Fsp3) is 0.450. The first kappa shape index (κ1) is 18.1. The number of hydrogen-bond acceptors (Lipinski definition) is 6. The van der Waals surface area contributed by atoms with Crippen molar-refractivity contribution in [2.75, 3.05) is 17.7 Å². The molecule has 7 heteroatoms. The number of carbonyl (C=O) groups excluding carboxylic acids is 1. The Hall–Kier alpha value is -2.28. The monoisotopic (exact) mass is 384 g/mol. The number of rotatable bonds is 5. The molecule has 2 atom stereocenters. The third kappa shape index (κ3) is 3.36. The number of benzene rings is 1. The lowest BCUT2D eigenvalue weighted by Crippen LogP contribution is -2.33. The number of hydrogen-bond donors (Lipinski definition) is 1. The summed E-state index contributed by atoms with van der Waals surface area (Å²) >= 11 is 1.60. The summed E-state index contributed by atoms with van der Waals surface area (Å²) in [5.74, 6) is 2.98. The number of fused-ring (bicyclic) bond motifs is 1. The average molecular weight is 385 g/mol. The first-order valence-corrected chi connectivity index (χ1v) is 10.4. The summed E-state index contributed by atoms with van der Waals surface area (Å²) in [6, 6.07) is 7.71. The minimum Gasteiger partial charge on any atom is -0.494 e. The van der Waals surface area contributed by atoms with Gasteiger partial charge in [-0.2, -0.15) is 4.98 Å². The molecule has 0 saturated carbocycles. The van der Waals surface area contributed by atoms with Crippen LogP contribution in [0.4, 0.5) is 5.95 Å². The fourth-order valence-electron chi connectivity index (χ4n) is 3.80. The Morgan fingerprint density at radius 1 is 1.26 bits per heavy atom. The maximum Gasteiger partial charge on any atom is 0.227 e. The summed E-state index contributed by atoms with van der Waals surface area (Å²) in [7, 11) is 0. The van der Waals surface area contributed by atoms with Crippen LogP contribution in [0.15, 0.2) is 40.7 Å². The van der Waals surface area contributed by atoms with Gasteiger partial charge in [0.15, 0.2) is 5.78 Å². The van der Waals surface area contributed by atoms with E-state index >= 15 is 0 Å². The molecule has 0 spiro atoms. The van der Waals surface area contributed by atoms with E-state index < -0.39 is 0 Å². The summed E-state index contributed by atoms with van der Waals surface area (Å²) in [5, 5.41) is 8.80. The van der Waals surface area contributed by atoms with Gasteiger partial charge in [0.05, 0.1) is 6.61 Å². The van der Waals surface area contributed by atoms with E-state index in [1.165, 1.54) is 0 Å². The number of allylic oxidation sites excluding steroid dienone is 2. The van der Waals surface area contributed by atoms with E-state index in [9.17, 15) is 4.79 Å². The molecule has 0 amide bonds. The highest BCUT2D eigenvalue weighted by Gasteiger charge is 2.38. The summed E-state index contributed by atoms with van der Waals surface area (Å²) in [6.45, 7) is 6.79. The van der Waals surface area contributed by atoms with Crippen molar-refractivity contribution >= 4 is 23.5 Å². The van der Waals surface area contributed by atoms with Gasteiger partial charge in [-0.05, 0) is 42.7 Å². The zero-order valence-electron chi connectivity index (χ0n) is 15.9. The van der Waals surface area contributed by atoms with Gasteiger partial charge in [0, 0.05) is 17.7 Å². The summed E-state index contributed by atoms with van der Waals surface area (Å²) in [6.07, 6.45) is 1.44. The van der Waals surface area contributed by atoms with Crippen molar-refractivity contribution in [2.45, 2.75) is 44.8 Å². The van der Waals surface area contributed by atoms with Crippen LogP contribution in [0.1, 0.15) is 45.2 Å². The minimum atomic E-state index is -0.245. The van der Waals surface area contributed by atoms with Crippen molar-refractivity contribution in [3.05, 3.63) is 41.1 Å². The first-order chi connectivity index (χ1) is 13.1. The van der Waals surface area contributed by atoms with E-state index in [1.807, 2.05) is 35.9 Å². The van der Waals surface area contributed by atoms with Crippen molar-refractivity contribution in [3.8, 4) is 5.75 Å². The Morgan fingerprint density at radius 2 is 2.04 bits per heavy atom. The number of aromatic nitrogens is 3. The van der Waals surface area contributed by atoms with Gasteiger partial charge >= 0.3 is 0 Å². The van der Waals surface area contributed by atoms with Gasteiger partial charge in [0.2, 0.25) is 11.1 Å². The summed E-state index contributed by atoms with van der Waals surface area (Å²) in [4.78, 5) is 17.6. The number of carbonyl (C=O) groups is 1. The van der Waals surface area contributed by atoms with Gasteiger partial charge in [0.1, 0.15) is 11.8 Å². The zero-order chi connectivity index (χ0) is 19.0. The van der Waals surface area contributed by atoms with Crippen LogP contribution >= 0.6 is 11.8 Å². The topological polar surface area (TPSA) is 69.0 Å². The summed E-state index contributed by atoms with van der Waals surface area (Å²) in [5.41, 5.74) is 2.84. The highest BCUT2D eigenvalue weighted by atomic mass is 32.2. The molecule has 0 radical (unpaired) electrons. The Kier molecular flexibility index (Phi) is 4.95. The van der Waals surface area contributed by atoms with Crippen molar-refractivity contribution in [2.24, 2.45) is 5.92 Å². The molecule has 4 rings (SSSR count). The van der Waals surface area contributed by atoms with Gasteiger partial charge in [-0.3, -0.25) is 4.79 Å². The molecule has 2 unspecified atom stereocenters. The van der Waals surface area contributed by atoms with Crippen molar-refractivity contribution in [1.29, 1.82) is 0 Å². The van der Waals surface area contributed by atoms with Crippen LogP contribution in [0.25, 0.3) is 0 Å². The standard InChI is InChI=1S/C20H24N4O2S/c1-4-26-14-8-6-13(7-9-14)18-17-15(10-12(3)11-16(17)25)21-19-22-20(27-5-2)23-24(18)19/h6-9,12,18H,4-5,10-11H2,1-3H3,(H,21,22,23). The largest absolute Gasteiger partial charge is 0.494 e. The Labute approximate surface area is 163 Å². The van der Waals surface area contributed by atoms with Crippen LogP contribution in [0.2, 0.25) is 0 Å². The molecule has 142 valence electrons. The maximum atomic E-state index is 12.9. The van der Waals surface area contributed by atoms with Gasteiger partial charge in [-0.15, -0.1) is 5.10 Å². The minimum absolute atomic E-state index is 0.195. The smallest absolute Gasteiger partial charge is 0.227 e. The second-order valence-electron chi connectivity index (χ2n) is 6.95. The van der Waals surface area contributed by atoms with Gasteiger partial charge in [-0.1, -0.05) is 37.7 Å². The zero-order valence-corrected chi connectivity index (χ0v) is 16.7. The van der Waals surface area contributed by atoms with Crippen LogP contribution in [0.5, 0.6) is 5.75 Å². The molecular weight excluding hydrogens is 360 g/mol. The van der Waals surface area contributed by atoms with E-state index in [-0.39, 0.29) is 11.8 Å². The third-order valence-electron chi connectivity index (χ3n) is 4.88. The third-order valence-corrected chi connectivity index (χ3v) is 5.60. The normalized spacial score (nSPS) is 21.5. The quantitative estimate of drug-likeness (QED) is 0.784. The second-order valence-corrected chi connectivity index (χ2v) is 8.19. The molecule has 6 nitrogen and oxygen atoms in total. The molecule has 2 heterocycles. The molecular formula is C20H24N4O2S. The fourth-order valence-corrected chi connectivity index (χ4v) is 4.35. The number of anilines is 1. The van der Waals surface area contributed by atoms with E-state index in [0.29, 0.717) is 24.9 Å². The number of nitrogens with one attached hydrogen (secondary N) is 1. The lowest BCUT2D eigenvalue weighted by Gasteiger charge is -2.34. The van der Waals surface area contributed by atoms with Crippen LogP contribution in [-0.4, -0.2) is 32.9 Å². The molecule has 1 aliphatic heterocycles. The molecule has 0 bridgehead atoms. The number of ether oxygens (including phenoxy) is 1. The van der Waals surface area contributed by atoms with E-state index in [2.05, 4.69) is 29.2 Å².